The second-order valence-corrected chi connectivity index (χ2v) is 16.7. The van der Waals surface area contributed by atoms with E-state index < -0.39 is 8.07 Å². The third-order valence-corrected chi connectivity index (χ3v) is 15.5. The fourth-order valence-electron chi connectivity index (χ4n) is 8.37. The summed E-state index contributed by atoms with van der Waals surface area (Å²) in [5.74, 6) is 0. The SMILES string of the molecule is CCc1ccccc1C1=C(c2ccccc2CC)[Si](c2ccccc2)(c2ccccc2)C(c2ccccc2CC)=C1c1ccccc1CC. The predicted molar refractivity (Wildman–Crippen MR) is 215 cm³/mol. The van der Waals surface area contributed by atoms with Crippen LogP contribution in [0.1, 0.15) is 72.2 Å². The minimum Gasteiger partial charge on any atom is -0.0623 e. The van der Waals surface area contributed by atoms with E-state index in [9.17, 15) is 0 Å². The van der Waals surface area contributed by atoms with Crippen molar-refractivity contribution in [2.45, 2.75) is 53.4 Å². The van der Waals surface area contributed by atoms with Gasteiger partial charge in [0.05, 0.1) is 0 Å². The molecule has 1 heteroatoms. The lowest BCUT2D eigenvalue weighted by Crippen LogP contribution is -2.60. The molecule has 0 N–H and O–H groups in total. The molecule has 1 heterocycles. The molecule has 0 saturated heterocycles. The zero-order chi connectivity index (χ0) is 33.8. The van der Waals surface area contributed by atoms with Gasteiger partial charge < -0.3 is 0 Å². The first kappa shape index (κ1) is 32.6. The molecule has 0 amide bonds. The largest absolute Gasteiger partial charge is 0.182 e. The molecule has 0 nitrogen and oxygen atoms in total. The number of rotatable bonds is 10. The van der Waals surface area contributed by atoms with Gasteiger partial charge in [-0.2, -0.15) is 0 Å². The Hall–Kier alpha value is -4.98. The lowest BCUT2D eigenvalue weighted by molar-refractivity contribution is 1.12. The monoisotopic (exact) mass is 650 g/mol. The summed E-state index contributed by atoms with van der Waals surface area (Å²) in [7, 11) is -3.02. The van der Waals surface area contributed by atoms with Crippen LogP contribution in [0.2, 0.25) is 0 Å². The van der Waals surface area contributed by atoms with E-state index >= 15 is 0 Å². The summed E-state index contributed by atoms with van der Waals surface area (Å²) in [6.07, 6.45) is 3.88. The van der Waals surface area contributed by atoms with E-state index in [0.29, 0.717) is 0 Å². The quantitative estimate of drug-likeness (QED) is 0.129. The Morgan fingerprint density at radius 1 is 0.306 bits per heavy atom. The van der Waals surface area contributed by atoms with Gasteiger partial charge in [0.15, 0.2) is 8.07 Å². The number of benzene rings is 6. The minimum atomic E-state index is -3.02. The summed E-state index contributed by atoms with van der Waals surface area (Å²) >= 11 is 0. The van der Waals surface area contributed by atoms with Crippen LogP contribution in [0.25, 0.3) is 21.5 Å². The third kappa shape index (κ3) is 5.47. The molecule has 0 saturated carbocycles. The smallest absolute Gasteiger partial charge is 0.0623 e. The zero-order valence-corrected chi connectivity index (χ0v) is 30.3. The Bertz CT molecular complexity index is 1990. The maximum Gasteiger partial charge on any atom is 0.182 e. The van der Waals surface area contributed by atoms with E-state index in [-0.39, 0.29) is 0 Å². The van der Waals surface area contributed by atoms with Gasteiger partial charge in [0, 0.05) is 0 Å². The van der Waals surface area contributed by atoms with E-state index in [1.54, 1.807) is 0 Å². The van der Waals surface area contributed by atoms with E-state index in [4.69, 9.17) is 0 Å². The van der Waals surface area contributed by atoms with Crippen molar-refractivity contribution in [3.8, 4) is 0 Å². The molecule has 0 spiro atoms. The summed E-state index contributed by atoms with van der Waals surface area (Å²) in [5.41, 5.74) is 13.9. The van der Waals surface area contributed by atoms with E-state index in [1.807, 2.05) is 0 Å². The molecular weight excluding hydrogens is 605 g/mol. The second kappa shape index (κ2) is 14.2. The Morgan fingerprint density at radius 3 is 0.898 bits per heavy atom. The number of aryl methyl sites for hydroxylation is 4. The van der Waals surface area contributed by atoms with Gasteiger partial charge in [-0.3, -0.25) is 0 Å². The summed E-state index contributed by atoms with van der Waals surface area (Å²) in [6, 6.07) is 60.1. The van der Waals surface area contributed by atoms with Crippen LogP contribution in [-0.2, 0) is 25.7 Å². The van der Waals surface area contributed by atoms with Crippen LogP contribution < -0.4 is 10.4 Å². The normalized spacial score (nSPS) is 14.0. The van der Waals surface area contributed by atoms with Crippen molar-refractivity contribution in [3.63, 3.8) is 0 Å². The Kier molecular flexibility index (Phi) is 9.46. The molecule has 0 aromatic heterocycles. The van der Waals surface area contributed by atoms with Gasteiger partial charge in [0.2, 0.25) is 0 Å². The highest BCUT2D eigenvalue weighted by atomic mass is 28.3. The van der Waals surface area contributed by atoms with Crippen molar-refractivity contribution in [1.29, 1.82) is 0 Å². The average Bonchev–Trinajstić information content (AvgIpc) is 3.50. The zero-order valence-electron chi connectivity index (χ0n) is 29.3. The van der Waals surface area contributed by atoms with Crippen molar-refractivity contribution in [2.75, 3.05) is 0 Å². The highest BCUT2D eigenvalue weighted by Crippen LogP contribution is 2.57. The molecule has 0 atom stereocenters. The van der Waals surface area contributed by atoms with Crippen molar-refractivity contribution >= 4 is 40.0 Å². The van der Waals surface area contributed by atoms with Crippen LogP contribution in [0.3, 0.4) is 0 Å². The summed E-state index contributed by atoms with van der Waals surface area (Å²) in [6.45, 7) is 9.25. The Labute approximate surface area is 294 Å². The van der Waals surface area contributed by atoms with Crippen LogP contribution >= 0.6 is 0 Å². The van der Waals surface area contributed by atoms with Crippen LogP contribution in [0, 0.1) is 0 Å². The predicted octanol–water partition coefficient (Wildman–Crippen LogP) is 10.8. The van der Waals surface area contributed by atoms with Gasteiger partial charge in [0.1, 0.15) is 0 Å². The molecule has 0 unspecified atom stereocenters. The second-order valence-electron chi connectivity index (χ2n) is 13.0. The van der Waals surface area contributed by atoms with Crippen LogP contribution in [-0.4, -0.2) is 8.07 Å². The maximum absolute atomic E-state index is 3.02. The molecule has 49 heavy (non-hydrogen) atoms. The highest BCUT2D eigenvalue weighted by Gasteiger charge is 2.54. The molecular formula is C48H46Si. The van der Waals surface area contributed by atoms with Crippen molar-refractivity contribution < 1.29 is 0 Å². The maximum atomic E-state index is 2.43. The van der Waals surface area contributed by atoms with E-state index in [2.05, 4.69) is 185 Å². The summed E-state index contributed by atoms with van der Waals surface area (Å²) < 4.78 is 0. The van der Waals surface area contributed by atoms with Crippen molar-refractivity contribution in [3.05, 3.63) is 202 Å². The fourth-order valence-corrected chi connectivity index (χ4v) is 14.1. The molecule has 6 aromatic carbocycles. The first-order chi connectivity index (χ1) is 24.2. The van der Waals surface area contributed by atoms with Crippen molar-refractivity contribution in [2.24, 2.45) is 0 Å². The first-order valence-electron chi connectivity index (χ1n) is 18.1. The molecule has 242 valence electrons. The Morgan fingerprint density at radius 2 is 0.571 bits per heavy atom. The van der Waals surface area contributed by atoms with E-state index in [0.717, 1.165) is 25.7 Å². The molecule has 1 aliphatic heterocycles. The molecule has 0 fully saturated rings. The van der Waals surface area contributed by atoms with E-state index in [1.165, 1.54) is 76.4 Å². The standard InChI is InChI=1S/C48H46Si/c1-5-35-23-15-19-31-41(35)45-46(42-32-20-16-24-36(42)6-2)48(44-34-22-18-26-38(44)8-4)49(39-27-11-9-12-28-39,40-29-13-10-14-30-40)47(45)43-33-21-17-25-37(43)7-3/h9-34H,5-8H2,1-4H3. The highest BCUT2D eigenvalue weighted by molar-refractivity contribution is 7.29. The number of hydrogen-bond donors (Lipinski definition) is 0. The lowest BCUT2D eigenvalue weighted by atomic mass is 9.83. The van der Waals surface area contributed by atoms with Crippen LogP contribution in [0.4, 0.5) is 0 Å². The molecule has 0 aliphatic carbocycles. The third-order valence-electron chi connectivity index (χ3n) is 10.6. The number of hydrogen-bond acceptors (Lipinski definition) is 0. The van der Waals surface area contributed by atoms with Gasteiger partial charge >= 0.3 is 0 Å². The Balaban J connectivity index is 1.86. The van der Waals surface area contributed by atoms with Gasteiger partial charge in [-0.05, 0) is 102 Å². The molecule has 1 aliphatic rings. The minimum absolute atomic E-state index is 0.969. The lowest BCUT2D eigenvalue weighted by Gasteiger charge is -2.37. The topological polar surface area (TPSA) is 0 Å². The van der Waals surface area contributed by atoms with Gasteiger partial charge in [-0.1, -0.05) is 185 Å². The van der Waals surface area contributed by atoms with Crippen molar-refractivity contribution in [1.82, 2.24) is 0 Å². The van der Waals surface area contributed by atoms with Gasteiger partial charge in [0.25, 0.3) is 0 Å². The van der Waals surface area contributed by atoms with Gasteiger partial charge in [-0.15, -0.1) is 0 Å². The van der Waals surface area contributed by atoms with Crippen LogP contribution in [0.5, 0.6) is 0 Å². The number of allylic oxidation sites excluding steroid dienone is 2. The first-order valence-corrected chi connectivity index (χ1v) is 20.1. The average molecular weight is 651 g/mol. The summed E-state index contributed by atoms with van der Waals surface area (Å²) in [4.78, 5) is 0. The van der Waals surface area contributed by atoms with Gasteiger partial charge in [-0.25, -0.2) is 0 Å². The molecule has 0 radical (unpaired) electrons. The molecule has 7 rings (SSSR count). The van der Waals surface area contributed by atoms with Crippen LogP contribution in [0.15, 0.2) is 158 Å². The fraction of sp³-hybridized carbons (Fsp3) is 0.167. The molecule has 0 bridgehead atoms. The molecule has 6 aromatic rings. The summed E-state index contributed by atoms with van der Waals surface area (Å²) in [5, 5.41) is 5.90.